The molecule has 0 radical (unpaired) electrons. The third kappa shape index (κ3) is 4.04. The van der Waals surface area contributed by atoms with Crippen LogP contribution in [0.25, 0.3) is 0 Å². The molecule has 0 atom stereocenters. The van der Waals surface area contributed by atoms with Gasteiger partial charge in [0.1, 0.15) is 10.8 Å². The molecular weight excluding hydrogens is 389 g/mol. The maximum atomic E-state index is 11.7. The molecule has 0 saturated heterocycles. The topological polar surface area (TPSA) is 82.9 Å². The average molecular weight is 406 g/mol. The van der Waals surface area contributed by atoms with Crippen LogP contribution in [-0.2, 0) is 0 Å². The van der Waals surface area contributed by atoms with Crippen molar-refractivity contribution in [2.24, 2.45) is 9.98 Å². The van der Waals surface area contributed by atoms with Crippen molar-refractivity contribution in [1.82, 2.24) is 10.2 Å². The van der Waals surface area contributed by atoms with Crippen LogP contribution in [0.2, 0.25) is 10.0 Å². The molecule has 0 saturated carbocycles. The molecule has 1 N–H and O–H groups in total. The number of aromatic amines is 1. The van der Waals surface area contributed by atoms with Gasteiger partial charge in [-0.05, 0) is 25.3 Å². The molecule has 0 bridgehead atoms. The Morgan fingerprint density at radius 2 is 2.15 bits per heavy atom. The Morgan fingerprint density at radius 1 is 1.37 bits per heavy atom. The summed E-state index contributed by atoms with van der Waals surface area (Å²) in [6.45, 7) is 4.64. The molecule has 0 fully saturated rings. The van der Waals surface area contributed by atoms with Gasteiger partial charge in [-0.1, -0.05) is 35.3 Å². The lowest BCUT2D eigenvalue weighted by atomic mass is 10.0. The first-order valence-electron chi connectivity index (χ1n) is 8.11. The van der Waals surface area contributed by atoms with E-state index in [4.69, 9.17) is 27.9 Å². The van der Waals surface area contributed by atoms with Crippen molar-refractivity contribution >= 4 is 41.5 Å². The van der Waals surface area contributed by atoms with Gasteiger partial charge in [-0.25, -0.2) is 5.10 Å². The van der Waals surface area contributed by atoms with Crippen LogP contribution in [0.3, 0.4) is 0 Å². The van der Waals surface area contributed by atoms with Crippen molar-refractivity contribution < 1.29 is 4.74 Å². The Kier molecular flexibility index (Phi) is 5.93. The predicted octanol–water partition coefficient (Wildman–Crippen LogP) is 3.35. The minimum atomic E-state index is -0.435. The fraction of sp³-hybridized carbons (Fsp3) is 0.222. The van der Waals surface area contributed by atoms with Gasteiger partial charge in [-0.3, -0.25) is 14.8 Å². The molecule has 0 spiro atoms. The first-order chi connectivity index (χ1) is 13.0. The molecule has 7 nitrogen and oxygen atoms in total. The van der Waals surface area contributed by atoms with E-state index < -0.39 is 5.56 Å². The van der Waals surface area contributed by atoms with Crippen LogP contribution in [-0.4, -0.2) is 42.9 Å². The summed E-state index contributed by atoms with van der Waals surface area (Å²) < 4.78 is 5.91. The molecule has 140 valence electrons. The minimum Gasteiger partial charge on any atom is -0.437 e. The van der Waals surface area contributed by atoms with Crippen molar-refractivity contribution in [3.63, 3.8) is 0 Å². The number of hydrogen-bond donors (Lipinski definition) is 1. The minimum absolute atomic E-state index is 0.0913. The highest BCUT2D eigenvalue weighted by Crippen LogP contribution is 2.30. The fourth-order valence-electron chi connectivity index (χ4n) is 2.80. The molecule has 1 aliphatic rings. The van der Waals surface area contributed by atoms with Crippen molar-refractivity contribution in [2.75, 3.05) is 25.0 Å². The molecule has 1 aromatic heterocycles. The van der Waals surface area contributed by atoms with Crippen LogP contribution in [0.4, 0.5) is 5.69 Å². The second kappa shape index (κ2) is 8.37. The Morgan fingerprint density at radius 3 is 2.85 bits per heavy atom. The number of anilines is 1. The highest BCUT2D eigenvalue weighted by molar-refractivity contribution is 6.33. The van der Waals surface area contributed by atoms with Crippen LogP contribution in [0, 0.1) is 0 Å². The number of nitrogens with one attached hydrogen (secondary N) is 1. The van der Waals surface area contributed by atoms with E-state index in [0.717, 1.165) is 5.57 Å². The quantitative estimate of drug-likeness (QED) is 0.624. The van der Waals surface area contributed by atoms with Gasteiger partial charge in [0, 0.05) is 19.2 Å². The highest BCUT2D eigenvalue weighted by atomic mass is 35.5. The number of rotatable bonds is 4. The van der Waals surface area contributed by atoms with Crippen LogP contribution < -0.4 is 15.2 Å². The number of aromatic nitrogens is 2. The number of hydrogen-bond acceptors (Lipinski definition) is 6. The van der Waals surface area contributed by atoms with E-state index in [2.05, 4.69) is 26.9 Å². The summed E-state index contributed by atoms with van der Waals surface area (Å²) in [6.07, 6.45) is 2.10. The number of halogens is 2. The average Bonchev–Trinajstić information content (AvgIpc) is 2.69. The zero-order valence-corrected chi connectivity index (χ0v) is 16.1. The summed E-state index contributed by atoms with van der Waals surface area (Å²) in [5.41, 5.74) is 1.63. The monoisotopic (exact) mass is 405 g/mol. The molecule has 0 aliphatic carbocycles. The number of nitrogens with zero attached hydrogens (tertiary/aromatic N) is 4. The standard InChI is InChI=1S/C18H17Cl2N5O2/c1-21-13-10-25(14-9-23-24-17(26)16(14)20)8-7-11(13)18(22-2)27-15-6-4-3-5-12(15)19/h3-6,9H,1,7-8,10H2,2H3,(H,24,26)/b22-18+. The smallest absolute Gasteiger partial charge is 0.285 e. The maximum absolute atomic E-state index is 11.7. The molecule has 1 aliphatic heterocycles. The highest BCUT2D eigenvalue weighted by Gasteiger charge is 2.25. The lowest BCUT2D eigenvalue weighted by molar-refractivity contribution is 0.542. The lowest BCUT2D eigenvalue weighted by Crippen LogP contribution is -2.35. The summed E-state index contributed by atoms with van der Waals surface area (Å²) in [5, 5.41) is 6.71. The van der Waals surface area contributed by atoms with Crippen LogP contribution in [0.15, 0.2) is 56.5 Å². The van der Waals surface area contributed by atoms with E-state index in [1.807, 2.05) is 17.0 Å². The van der Waals surface area contributed by atoms with Gasteiger partial charge >= 0.3 is 0 Å². The number of benzene rings is 1. The van der Waals surface area contributed by atoms with Gasteiger partial charge < -0.3 is 9.64 Å². The van der Waals surface area contributed by atoms with E-state index in [-0.39, 0.29) is 5.02 Å². The number of ether oxygens (including phenoxy) is 1. The summed E-state index contributed by atoms with van der Waals surface area (Å²) in [7, 11) is 1.64. The van der Waals surface area contributed by atoms with Gasteiger partial charge in [0.15, 0.2) is 0 Å². The van der Waals surface area contributed by atoms with Crippen LogP contribution in [0.5, 0.6) is 5.75 Å². The summed E-state index contributed by atoms with van der Waals surface area (Å²) in [5.74, 6) is 0.945. The molecule has 9 heteroatoms. The molecular formula is C18H17Cl2N5O2. The number of H-pyrrole nitrogens is 1. The van der Waals surface area contributed by atoms with E-state index in [1.54, 1.807) is 19.2 Å². The Bertz CT molecular complexity index is 984. The van der Waals surface area contributed by atoms with E-state index in [0.29, 0.717) is 47.6 Å². The van der Waals surface area contributed by atoms with E-state index >= 15 is 0 Å². The molecule has 0 amide bonds. The van der Waals surface area contributed by atoms with Gasteiger partial charge in [0.05, 0.1) is 29.1 Å². The van der Waals surface area contributed by atoms with Crippen molar-refractivity contribution in [2.45, 2.75) is 6.42 Å². The molecule has 1 aromatic carbocycles. The van der Waals surface area contributed by atoms with E-state index in [1.165, 1.54) is 6.20 Å². The van der Waals surface area contributed by atoms with Gasteiger partial charge in [-0.2, -0.15) is 5.10 Å². The second-order valence-electron chi connectivity index (χ2n) is 5.71. The predicted molar refractivity (Wildman–Crippen MR) is 109 cm³/mol. The lowest BCUT2D eigenvalue weighted by Gasteiger charge is -2.31. The summed E-state index contributed by atoms with van der Waals surface area (Å²) >= 11 is 12.3. The SMILES string of the molecule is C=NC1=C(/C(=N\C)Oc2ccccc2Cl)CCN(c2cn[nH]c(=O)c2Cl)C1. The van der Waals surface area contributed by atoms with Gasteiger partial charge in [-0.15, -0.1) is 0 Å². The number of aliphatic imine (C=N–C) groups is 2. The zero-order valence-electron chi connectivity index (χ0n) is 14.6. The van der Waals surface area contributed by atoms with Crippen LogP contribution >= 0.6 is 23.2 Å². The third-order valence-electron chi connectivity index (χ3n) is 4.13. The van der Waals surface area contributed by atoms with Gasteiger partial charge in [0.2, 0.25) is 5.90 Å². The first kappa shape index (κ1) is 19.1. The molecule has 0 unspecified atom stereocenters. The largest absolute Gasteiger partial charge is 0.437 e. The van der Waals surface area contributed by atoms with Crippen molar-refractivity contribution in [3.05, 3.63) is 62.1 Å². The fourth-order valence-corrected chi connectivity index (χ4v) is 3.18. The Labute approximate surface area is 166 Å². The maximum Gasteiger partial charge on any atom is 0.285 e. The summed E-state index contributed by atoms with van der Waals surface area (Å²) in [4.78, 5) is 22.0. The third-order valence-corrected chi connectivity index (χ3v) is 4.81. The zero-order chi connectivity index (χ0) is 19.4. The Balaban J connectivity index is 1.90. The van der Waals surface area contributed by atoms with Crippen LogP contribution in [0.1, 0.15) is 6.42 Å². The second-order valence-corrected chi connectivity index (χ2v) is 6.50. The molecule has 2 heterocycles. The normalized spacial score (nSPS) is 15.1. The number of para-hydroxylation sites is 1. The molecule has 27 heavy (non-hydrogen) atoms. The van der Waals surface area contributed by atoms with E-state index in [9.17, 15) is 4.79 Å². The van der Waals surface area contributed by atoms with Gasteiger partial charge in [0.25, 0.3) is 5.56 Å². The Hall–Kier alpha value is -2.64. The van der Waals surface area contributed by atoms with Crippen molar-refractivity contribution in [1.29, 1.82) is 0 Å². The van der Waals surface area contributed by atoms with Crippen molar-refractivity contribution in [3.8, 4) is 5.75 Å². The molecule has 3 rings (SSSR count). The summed E-state index contributed by atoms with van der Waals surface area (Å²) in [6, 6.07) is 7.17. The molecule has 2 aromatic rings. The first-order valence-corrected chi connectivity index (χ1v) is 8.87.